The van der Waals surface area contributed by atoms with Crippen molar-refractivity contribution in [3.8, 4) is 11.5 Å². The van der Waals surface area contributed by atoms with Crippen LogP contribution in [0.4, 0.5) is 0 Å². The van der Waals surface area contributed by atoms with Crippen LogP contribution in [0.1, 0.15) is 24.4 Å². The first-order chi connectivity index (χ1) is 12.0. The van der Waals surface area contributed by atoms with Gasteiger partial charge in [0.25, 0.3) is 0 Å². The molecule has 25 heavy (non-hydrogen) atoms. The molecule has 0 aliphatic carbocycles. The van der Waals surface area contributed by atoms with Gasteiger partial charge in [0, 0.05) is 6.54 Å². The van der Waals surface area contributed by atoms with Gasteiger partial charge in [-0.3, -0.25) is 0 Å². The third-order valence-corrected chi connectivity index (χ3v) is 6.83. The molecule has 0 spiro atoms. The second-order valence-corrected chi connectivity index (χ2v) is 8.08. The minimum Gasteiger partial charge on any atom is -0.493 e. The Morgan fingerprint density at radius 1 is 1.08 bits per heavy atom. The zero-order chi connectivity index (χ0) is 18.0. The summed E-state index contributed by atoms with van der Waals surface area (Å²) in [7, 11) is -0.538. The molecule has 0 saturated carbocycles. The van der Waals surface area contributed by atoms with Gasteiger partial charge in [0.1, 0.15) is 4.90 Å². The molecule has 1 atom stereocenters. The molecule has 0 bridgehead atoms. The highest BCUT2D eigenvalue weighted by molar-refractivity contribution is 7.89. The van der Waals surface area contributed by atoms with Crippen LogP contribution in [0.2, 0.25) is 5.02 Å². The van der Waals surface area contributed by atoms with E-state index in [9.17, 15) is 8.42 Å². The van der Waals surface area contributed by atoms with Gasteiger partial charge >= 0.3 is 0 Å². The summed E-state index contributed by atoms with van der Waals surface area (Å²) in [6.45, 7) is 0.465. The van der Waals surface area contributed by atoms with E-state index in [2.05, 4.69) is 0 Å². The van der Waals surface area contributed by atoms with Crippen molar-refractivity contribution in [3.63, 3.8) is 0 Å². The van der Waals surface area contributed by atoms with Crippen LogP contribution in [0.3, 0.4) is 0 Å². The number of methoxy groups -OCH3 is 2. The summed E-state index contributed by atoms with van der Waals surface area (Å²) in [4.78, 5) is 0.143. The van der Waals surface area contributed by atoms with Crippen molar-refractivity contribution in [2.24, 2.45) is 0 Å². The van der Waals surface area contributed by atoms with Crippen molar-refractivity contribution >= 4 is 21.6 Å². The van der Waals surface area contributed by atoms with Crippen LogP contribution in [0, 0.1) is 0 Å². The second kappa shape index (κ2) is 7.23. The van der Waals surface area contributed by atoms with Crippen molar-refractivity contribution in [3.05, 3.63) is 53.1 Å². The van der Waals surface area contributed by atoms with E-state index in [1.165, 1.54) is 4.31 Å². The Kier molecular flexibility index (Phi) is 5.22. The highest BCUT2D eigenvalue weighted by Crippen LogP contribution is 2.40. The maximum absolute atomic E-state index is 13.1. The fourth-order valence-electron chi connectivity index (χ4n) is 3.20. The molecule has 0 amide bonds. The van der Waals surface area contributed by atoms with E-state index in [-0.39, 0.29) is 16.0 Å². The largest absolute Gasteiger partial charge is 0.493 e. The van der Waals surface area contributed by atoms with Gasteiger partial charge in [-0.15, -0.1) is 0 Å². The molecule has 1 aliphatic rings. The van der Waals surface area contributed by atoms with Crippen LogP contribution < -0.4 is 9.47 Å². The van der Waals surface area contributed by atoms with E-state index in [0.29, 0.717) is 18.0 Å². The minimum absolute atomic E-state index is 0.143. The number of rotatable bonds is 5. The van der Waals surface area contributed by atoms with Crippen molar-refractivity contribution in [1.82, 2.24) is 4.31 Å². The first kappa shape index (κ1) is 18.0. The van der Waals surface area contributed by atoms with Crippen molar-refractivity contribution < 1.29 is 17.9 Å². The zero-order valence-corrected chi connectivity index (χ0v) is 15.7. The van der Waals surface area contributed by atoms with Crippen molar-refractivity contribution in [2.75, 3.05) is 20.8 Å². The molecule has 0 radical (unpaired) electrons. The lowest BCUT2D eigenvalue weighted by atomic mass is 10.0. The number of sulfonamides is 1. The number of ether oxygens (including phenoxy) is 2. The maximum atomic E-state index is 13.1. The minimum atomic E-state index is -3.67. The zero-order valence-electron chi connectivity index (χ0n) is 14.1. The van der Waals surface area contributed by atoms with Crippen molar-refractivity contribution in [2.45, 2.75) is 23.8 Å². The quantitative estimate of drug-likeness (QED) is 0.788. The average molecular weight is 382 g/mol. The monoisotopic (exact) mass is 381 g/mol. The van der Waals surface area contributed by atoms with Crippen LogP contribution in [-0.4, -0.2) is 33.5 Å². The van der Waals surface area contributed by atoms with Gasteiger partial charge in [0.05, 0.1) is 25.3 Å². The number of halogens is 1. The van der Waals surface area contributed by atoms with Crippen LogP contribution in [0.25, 0.3) is 0 Å². The Balaban J connectivity index is 2.00. The van der Waals surface area contributed by atoms with E-state index < -0.39 is 10.0 Å². The number of hydrogen-bond acceptors (Lipinski definition) is 4. The summed E-state index contributed by atoms with van der Waals surface area (Å²) in [5.74, 6) is 1.20. The summed E-state index contributed by atoms with van der Waals surface area (Å²) in [6.07, 6.45) is 1.54. The number of benzene rings is 2. The first-order valence-corrected chi connectivity index (χ1v) is 9.79. The Morgan fingerprint density at radius 2 is 1.80 bits per heavy atom. The van der Waals surface area contributed by atoms with Gasteiger partial charge in [0.15, 0.2) is 11.5 Å². The summed E-state index contributed by atoms with van der Waals surface area (Å²) in [5.41, 5.74) is 0.880. The third kappa shape index (κ3) is 3.34. The summed E-state index contributed by atoms with van der Waals surface area (Å²) >= 11 is 6.13. The molecular formula is C18H20ClNO4S. The molecule has 134 valence electrons. The van der Waals surface area contributed by atoms with E-state index in [4.69, 9.17) is 21.1 Å². The molecule has 0 aromatic heterocycles. The average Bonchev–Trinajstić information content (AvgIpc) is 3.12. The molecule has 1 fully saturated rings. The van der Waals surface area contributed by atoms with E-state index >= 15 is 0 Å². The molecular weight excluding hydrogens is 362 g/mol. The van der Waals surface area contributed by atoms with Crippen LogP contribution >= 0.6 is 11.6 Å². The lowest BCUT2D eigenvalue weighted by Gasteiger charge is -2.25. The van der Waals surface area contributed by atoms with E-state index in [1.807, 2.05) is 12.1 Å². The van der Waals surface area contributed by atoms with E-state index in [1.54, 1.807) is 44.6 Å². The Labute approximate surface area is 153 Å². The lowest BCUT2D eigenvalue weighted by Crippen LogP contribution is -2.30. The van der Waals surface area contributed by atoms with Gasteiger partial charge < -0.3 is 9.47 Å². The lowest BCUT2D eigenvalue weighted by molar-refractivity contribution is 0.351. The number of nitrogens with zero attached hydrogens (tertiary/aromatic N) is 1. The molecule has 3 rings (SSSR count). The van der Waals surface area contributed by atoms with Gasteiger partial charge in [-0.2, -0.15) is 4.31 Å². The van der Waals surface area contributed by atoms with Crippen LogP contribution in [0.5, 0.6) is 11.5 Å². The smallest absolute Gasteiger partial charge is 0.245 e. The molecule has 7 heteroatoms. The topological polar surface area (TPSA) is 55.8 Å². The van der Waals surface area contributed by atoms with Crippen LogP contribution in [-0.2, 0) is 10.0 Å². The normalized spacial score (nSPS) is 18.3. The molecule has 1 heterocycles. The molecule has 0 N–H and O–H groups in total. The molecule has 0 unspecified atom stereocenters. The fourth-order valence-corrected chi connectivity index (χ4v) is 5.38. The summed E-state index contributed by atoms with van der Waals surface area (Å²) in [6, 6.07) is 11.8. The second-order valence-electron chi connectivity index (χ2n) is 5.82. The molecule has 1 aliphatic heterocycles. The summed E-state index contributed by atoms with van der Waals surface area (Å²) in [5, 5.41) is 0.237. The Hall–Kier alpha value is -1.76. The van der Waals surface area contributed by atoms with Crippen LogP contribution in [0.15, 0.2) is 47.4 Å². The molecule has 1 saturated heterocycles. The van der Waals surface area contributed by atoms with Gasteiger partial charge in [-0.05, 0) is 42.7 Å². The predicted octanol–water partition coefficient (Wildman–Crippen LogP) is 3.88. The molecule has 2 aromatic carbocycles. The SMILES string of the molecule is COc1ccc([C@@H]2CCCN2S(=O)(=O)c2ccccc2Cl)cc1OC. The molecule has 2 aromatic rings. The van der Waals surface area contributed by atoms with Gasteiger partial charge in [-0.25, -0.2) is 8.42 Å². The first-order valence-electron chi connectivity index (χ1n) is 7.97. The summed E-state index contributed by atoms with van der Waals surface area (Å²) < 4.78 is 38.3. The highest BCUT2D eigenvalue weighted by Gasteiger charge is 2.37. The maximum Gasteiger partial charge on any atom is 0.245 e. The van der Waals surface area contributed by atoms with Gasteiger partial charge in [-0.1, -0.05) is 29.8 Å². The molecule has 5 nitrogen and oxygen atoms in total. The fraction of sp³-hybridized carbons (Fsp3) is 0.333. The van der Waals surface area contributed by atoms with Crippen molar-refractivity contribution in [1.29, 1.82) is 0 Å². The third-order valence-electron chi connectivity index (χ3n) is 4.42. The number of hydrogen-bond donors (Lipinski definition) is 0. The Bertz CT molecular complexity index is 869. The highest BCUT2D eigenvalue weighted by atomic mass is 35.5. The van der Waals surface area contributed by atoms with E-state index in [0.717, 1.165) is 18.4 Å². The Morgan fingerprint density at radius 3 is 2.48 bits per heavy atom. The van der Waals surface area contributed by atoms with Gasteiger partial charge in [0.2, 0.25) is 10.0 Å². The predicted molar refractivity (Wildman–Crippen MR) is 96.9 cm³/mol. The standard InChI is InChI=1S/C18H20ClNO4S/c1-23-16-10-9-13(12-17(16)24-2)15-7-5-11-20(15)25(21,22)18-8-4-3-6-14(18)19/h3-4,6,8-10,12,15H,5,7,11H2,1-2H3/t15-/m0/s1.